The van der Waals surface area contributed by atoms with Crippen LogP contribution in [0.5, 0.6) is 5.75 Å². The van der Waals surface area contributed by atoms with E-state index in [-0.39, 0.29) is 11.7 Å². The minimum absolute atomic E-state index is 0.126. The van der Waals surface area contributed by atoms with Crippen LogP contribution < -0.4 is 10.1 Å². The molecule has 1 heterocycles. The number of nitrogens with one attached hydrogen (secondary N) is 1. The van der Waals surface area contributed by atoms with Gasteiger partial charge in [-0.15, -0.1) is 10.2 Å². The second-order valence-corrected chi connectivity index (χ2v) is 8.55. The van der Waals surface area contributed by atoms with Gasteiger partial charge in [0.1, 0.15) is 11.6 Å². The first-order valence-electron chi connectivity index (χ1n) is 10.5. The highest BCUT2D eigenvalue weighted by Gasteiger charge is 2.16. The van der Waals surface area contributed by atoms with Crippen LogP contribution in [0.3, 0.4) is 0 Å². The zero-order valence-corrected chi connectivity index (χ0v) is 19.6. The molecule has 8 heteroatoms. The Hall–Kier alpha value is -3.29. The molecule has 33 heavy (non-hydrogen) atoms. The molecule has 0 saturated carbocycles. The number of ether oxygens (including phenoxy) is 1. The number of carbonyl (C=O) groups is 1. The molecule has 3 aromatic carbocycles. The van der Waals surface area contributed by atoms with Crippen LogP contribution in [0.15, 0.2) is 84.0 Å². The number of thioether (sulfide) groups is 1. The Kier molecular flexibility index (Phi) is 7.65. The number of benzene rings is 3. The number of hydrogen-bond donors (Lipinski definition) is 1. The molecule has 0 aliphatic heterocycles. The predicted molar refractivity (Wildman–Crippen MR) is 133 cm³/mol. The van der Waals surface area contributed by atoms with Crippen LogP contribution in [-0.2, 0) is 11.2 Å². The topological polar surface area (TPSA) is 69.0 Å². The first-order chi connectivity index (χ1) is 16.1. The first-order valence-corrected chi connectivity index (χ1v) is 11.9. The Morgan fingerprint density at radius 3 is 2.42 bits per heavy atom. The first kappa shape index (κ1) is 22.9. The number of anilines is 1. The van der Waals surface area contributed by atoms with Crippen molar-refractivity contribution in [1.29, 1.82) is 0 Å². The number of aromatic nitrogens is 3. The van der Waals surface area contributed by atoms with Crippen molar-refractivity contribution in [3.63, 3.8) is 0 Å². The van der Waals surface area contributed by atoms with Gasteiger partial charge in [-0.2, -0.15) is 0 Å². The molecule has 1 amide bonds. The third-order valence-corrected chi connectivity index (χ3v) is 5.95. The summed E-state index contributed by atoms with van der Waals surface area (Å²) in [4.78, 5) is 12.5. The molecule has 1 aromatic heterocycles. The van der Waals surface area contributed by atoms with Crippen LogP contribution in [-0.4, -0.2) is 33.0 Å². The van der Waals surface area contributed by atoms with Crippen molar-refractivity contribution in [3.8, 4) is 11.4 Å². The third-order valence-electron chi connectivity index (χ3n) is 4.77. The molecule has 0 unspecified atom stereocenters. The van der Waals surface area contributed by atoms with Crippen LogP contribution in [0.25, 0.3) is 5.69 Å². The monoisotopic (exact) mass is 478 g/mol. The minimum Gasteiger partial charge on any atom is -0.494 e. The minimum atomic E-state index is -0.126. The zero-order valence-electron chi connectivity index (χ0n) is 18.1. The fraction of sp³-hybridized carbons (Fsp3) is 0.160. The molecule has 0 fully saturated rings. The lowest BCUT2D eigenvalue weighted by molar-refractivity contribution is -0.113. The van der Waals surface area contributed by atoms with E-state index in [1.807, 2.05) is 78.2 Å². The summed E-state index contributed by atoms with van der Waals surface area (Å²) in [5.41, 5.74) is 2.74. The molecule has 4 rings (SSSR count). The van der Waals surface area contributed by atoms with E-state index >= 15 is 0 Å². The Labute approximate surface area is 202 Å². The molecule has 0 atom stereocenters. The number of amides is 1. The molecule has 0 aliphatic carbocycles. The van der Waals surface area contributed by atoms with Gasteiger partial charge in [-0.25, -0.2) is 0 Å². The van der Waals surface area contributed by atoms with Crippen LogP contribution in [0.2, 0.25) is 5.02 Å². The molecule has 0 aliphatic rings. The van der Waals surface area contributed by atoms with Crippen molar-refractivity contribution < 1.29 is 9.53 Å². The molecule has 0 radical (unpaired) electrons. The Morgan fingerprint density at radius 2 is 1.73 bits per heavy atom. The third kappa shape index (κ3) is 6.15. The highest BCUT2D eigenvalue weighted by molar-refractivity contribution is 7.99. The average molecular weight is 479 g/mol. The van der Waals surface area contributed by atoms with E-state index in [9.17, 15) is 4.79 Å². The van der Waals surface area contributed by atoms with Gasteiger partial charge in [-0.1, -0.05) is 53.7 Å². The van der Waals surface area contributed by atoms with Crippen molar-refractivity contribution in [3.05, 3.63) is 95.3 Å². The van der Waals surface area contributed by atoms with Crippen LogP contribution in [0.1, 0.15) is 18.3 Å². The lowest BCUT2D eigenvalue weighted by Gasteiger charge is -2.11. The fourth-order valence-electron chi connectivity index (χ4n) is 3.26. The molecular weight excluding hydrogens is 456 g/mol. The summed E-state index contributed by atoms with van der Waals surface area (Å²) < 4.78 is 7.41. The maximum Gasteiger partial charge on any atom is 0.234 e. The summed E-state index contributed by atoms with van der Waals surface area (Å²) in [7, 11) is 0. The van der Waals surface area contributed by atoms with Crippen molar-refractivity contribution in [2.24, 2.45) is 0 Å². The number of nitrogens with zero attached hydrogens (tertiary/aromatic N) is 3. The second-order valence-electron chi connectivity index (χ2n) is 7.17. The van der Waals surface area contributed by atoms with Gasteiger partial charge in [0, 0.05) is 22.8 Å². The molecular formula is C25H23ClN4O2S. The number of rotatable bonds is 9. The van der Waals surface area contributed by atoms with Gasteiger partial charge in [-0.3, -0.25) is 9.36 Å². The Bertz CT molecular complexity index is 1200. The maximum atomic E-state index is 12.5. The van der Waals surface area contributed by atoms with Crippen LogP contribution in [0, 0.1) is 0 Å². The van der Waals surface area contributed by atoms with E-state index in [4.69, 9.17) is 16.3 Å². The smallest absolute Gasteiger partial charge is 0.234 e. The van der Waals surface area contributed by atoms with Crippen molar-refractivity contribution in [2.45, 2.75) is 18.5 Å². The van der Waals surface area contributed by atoms with Gasteiger partial charge in [-0.05, 0) is 61.0 Å². The summed E-state index contributed by atoms with van der Waals surface area (Å²) >= 11 is 7.42. The molecule has 0 bridgehead atoms. The van der Waals surface area contributed by atoms with Crippen molar-refractivity contribution in [2.75, 3.05) is 17.7 Å². The van der Waals surface area contributed by atoms with E-state index in [1.54, 1.807) is 0 Å². The van der Waals surface area contributed by atoms with E-state index in [2.05, 4.69) is 27.6 Å². The van der Waals surface area contributed by atoms with Crippen molar-refractivity contribution >= 4 is 35.0 Å². The maximum absolute atomic E-state index is 12.5. The summed E-state index contributed by atoms with van der Waals surface area (Å²) in [6, 6.07) is 24.9. The van der Waals surface area contributed by atoms with Crippen LogP contribution in [0.4, 0.5) is 5.69 Å². The summed E-state index contributed by atoms with van der Waals surface area (Å²) in [5, 5.41) is 13.0. The lowest BCUT2D eigenvalue weighted by atomic mass is 10.1. The SMILES string of the molecule is CCOc1ccc(NC(=O)CSc2nnc(Cc3ccccc3)n2-c2ccc(Cl)cc2)cc1. The van der Waals surface area contributed by atoms with Gasteiger partial charge >= 0.3 is 0 Å². The highest BCUT2D eigenvalue weighted by Crippen LogP contribution is 2.25. The summed E-state index contributed by atoms with van der Waals surface area (Å²) in [6.45, 7) is 2.53. The summed E-state index contributed by atoms with van der Waals surface area (Å²) in [5.74, 6) is 1.63. The van der Waals surface area contributed by atoms with E-state index in [1.165, 1.54) is 11.8 Å². The zero-order chi connectivity index (χ0) is 23.0. The molecule has 6 nitrogen and oxygen atoms in total. The van der Waals surface area contributed by atoms with Crippen molar-refractivity contribution in [1.82, 2.24) is 14.8 Å². The van der Waals surface area contributed by atoms with Gasteiger partial charge in [0.05, 0.1) is 12.4 Å². The van der Waals surface area contributed by atoms with E-state index in [0.717, 1.165) is 22.8 Å². The lowest BCUT2D eigenvalue weighted by Crippen LogP contribution is -2.14. The number of hydrogen-bond acceptors (Lipinski definition) is 5. The van der Waals surface area contributed by atoms with Gasteiger partial charge in [0.25, 0.3) is 0 Å². The quantitative estimate of drug-likeness (QED) is 0.315. The summed E-state index contributed by atoms with van der Waals surface area (Å²) in [6.07, 6.45) is 0.620. The van der Waals surface area contributed by atoms with E-state index < -0.39 is 0 Å². The Balaban J connectivity index is 1.49. The van der Waals surface area contributed by atoms with Gasteiger partial charge < -0.3 is 10.1 Å². The normalized spacial score (nSPS) is 10.7. The fourth-order valence-corrected chi connectivity index (χ4v) is 4.16. The standard InChI is InChI=1S/C25H23ClN4O2S/c1-2-32-22-14-10-20(11-15-22)27-24(31)17-33-25-29-28-23(16-18-6-4-3-5-7-18)30(25)21-12-8-19(26)9-13-21/h3-15H,2,16-17H2,1H3,(H,27,31). The van der Waals surface area contributed by atoms with Crippen LogP contribution >= 0.6 is 23.4 Å². The molecule has 4 aromatic rings. The second kappa shape index (κ2) is 11.0. The average Bonchev–Trinajstić information content (AvgIpc) is 3.22. The number of halogens is 1. The van der Waals surface area contributed by atoms with Gasteiger partial charge in [0.15, 0.2) is 5.16 Å². The molecule has 1 N–H and O–H groups in total. The molecule has 168 valence electrons. The van der Waals surface area contributed by atoms with Gasteiger partial charge in [0.2, 0.25) is 5.91 Å². The highest BCUT2D eigenvalue weighted by atomic mass is 35.5. The Morgan fingerprint density at radius 1 is 1.00 bits per heavy atom. The molecule has 0 saturated heterocycles. The predicted octanol–water partition coefficient (Wildman–Crippen LogP) is 5.64. The molecule has 0 spiro atoms. The van der Waals surface area contributed by atoms with E-state index in [0.29, 0.717) is 28.9 Å². The largest absolute Gasteiger partial charge is 0.494 e. The number of carbonyl (C=O) groups excluding carboxylic acids is 1.